The van der Waals surface area contributed by atoms with Crippen molar-refractivity contribution >= 4 is 34.3 Å². The van der Waals surface area contributed by atoms with Crippen LogP contribution in [-0.4, -0.2) is 33.4 Å². The average Bonchev–Trinajstić information content (AvgIpc) is 3.07. The van der Waals surface area contributed by atoms with Crippen molar-refractivity contribution in [2.45, 2.75) is 30.8 Å². The lowest BCUT2D eigenvalue weighted by Gasteiger charge is -2.12. The van der Waals surface area contributed by atoms with Gasteiger partial charge in [0.05, 0.1) is 29.8 Å². The van der Waals surface area contributed by atoms with Gasteiger partial charge in [0, 0.05) is 18.6 Å². The van der Waals surface area contributed by atoms with Crippen LogP contribution in [0.15, 0.2) is 32.7 Å². The monoisotopic (exact) mass is 380 g/mol. The molecule has 0 saturated carbocycles. The van der Waals surface area contributed by atoms with Crippen molar-refractivity contribution in [2.75, 3.05) is 13.7 Å². The summed E-state index contributed by atoms with van der Waals surface area (Å²) in [6, 6.07) is 5.06. The SMILES string of the molecule is CCc1noc(CSc2nc3cc(Cl)ccc3c(=O)n2CCOC)n1. The molecule has 2 heterocycles. The molecule has 0 amide bonds. The van der Waals surface area contributed by atoms with Crippen molar-refractivity contribution in [3.63, 3.8) is 0 Å². The topological polar surface area (TPSA) is 83.0 Å². The van der Waals surface area contributed by atoms with E-state index in [-0.39, 0.29) is 5.56 Å². The van der Waals surface area contributed by atoms with Gasteiger partial charge in [-0.15, -0.1) is 0 Å². The molecule has 0 atom stereocenters. The van der Waals surface area contributed by atoms with E-state index in [4.69, 9.17) is 20.9 Å². The number of benzene rings is 1. The largest absolute Gasteiger partial charge is 0.383 e. The number of halogens is 1. The quantitative estimate of drug-likeness (QED) is 0.460. The van der Waals surface area contributed by atoms with E-state index in [0.717, 1.165) is 0 Å². The second kappa shape index (κ2) is 7.99. The Labute approximate surface area is 153 Å². The number of rotatable bonds is 7. The average molecular weight is 381 g/mol. The maximum Gasteiger partial charge on any atom is 0.262 e. The summed E-state index contributed by atoms with van der Waals surface area (Å²) in [7, 11) is 1.59. The van der Waals surface area contributed by atoms with Crippen LogP contribution >= 0.6 is 23.4 Å². The first-order valence-corrected chi connectivity index (χ1v) is 9.12. The third-order valence-corrected chi connectivity index (χ3v) is 4.75. The first-order valence-electron chi connectivity index (χ1n) is 7.75. The van der Waals surface area contributed by atoms with Crippen LogP contribution in [0.5, 0.6) is 0 Å². The lowest BCUT2D eigenvalue weighted by Crippen LogP contribution is -2.25. The van der Waals surface area contributed by atoms with E-state index in [0.29, 0.717) is 58.1 Å². The highest BCUT2D eigenvalue weighted by Gasteiger charge is 2.14. The Bertz CT molecular complexity index is 941. The highest BCUT2D eigenvalue weighted by Crippen LogP contribution is 2.23. The van der Waals surface area contributed by atoms with E-state index in [9.17, 15) is 4.79 Å². The molecule has 1 aromatic carbocycles. The molecule has 9 heteroatoms. The molecule has 0 saturated heterocycles. The Balaban J connectivity index is 1.96. The maximum atomic E-state index is 12.8. The van der Waals surface area contributed by atoms with Crippen LogP contribution in [0.4, 0.5) is 0 Å². The first kappa shape index (κ1) is 17.9. The second-order valence-corrected chi connectivity index (χ2v) is 6.63. The Kier molecular flexibility index (Phi) is 5.72. The minimum Gasteiger partial charge on any atom is -0.383 e. The number of fused-ring (bicyclic) bond motifs is 1. The fourth-order valence-electron chi connectivity index (χ4n) is 2.28. The van der Waals surface area contributed by atoms with Crippen molar-refractivity contribution in [3.8, 4) is 0 Å². The van der Waals surface area contributed by atoms with Gasteiger partial charge in [-0.1, -0.05) is 35.4 Å². The molecule has 0 aliphatic heterocycles. The smallest absolute Gasteiger partial charge is 0.262 e. The Hall–Kier alpha value is -1.90. The number of hydrogen-bond donors (Lipinski definition) is 0. The Morgan fingerprint density at radius 1 is 1.36 bits per heavy atom. The molecule has 132 valence electrons. The van der Waals surface area contributed by atoms with Crippen molar-refractivity contribution in [1.82, 2.24) is 19.7 Å². The van der Waals surface area contributed by atoms with Gasteiger partial charge in [0.15, 0.2) is 11.0 Å². The van der Waals surface area contributed by atoms with Crippen LogP contribution in [0.3, 0.4) is 0 Å². The molecule has 0 aliphatic rings. The Morgan fingerprint density at radius 3 is 2.92 bits per heavy atom. The summed E-state index contributed by atoms with van der Waals surface area (Å²) in [5.74, 6) is 1.59. The molecule has 0 N–H and O–H groups in total. The van der Waals surface area contributed by atoms with E-state index in [2.05, 4.69) is 15.1 Å². The number of aryl methyl sites for hydroxylation is 1. The summed E-state index contributed by atoms with van der Waals surface area (Å²) >= 11 is 7.40. The van der Waals surface area contributed by atoms with Crippen LogP contribution in [0, 0.1) is 0 Å². The standard InChI is InChI=1S/C16H17ClN4O3S/c1-3-13-19-14(24-20-13)9-25-16-18-12-8-10(17)4-5-11(12)15(22)21(16)6-7-23-2/h4-5,8H,3,6-7,9H2,1-2H3. The van der Waals surface area contributed by atoms with E-state index in [1.165, 1.54) is 11.8 Å². The molecule has 7 nitrogen and oxygen atoms in total. The number of thioether (sulfide) groups is 1. The van der Waals surface area contributed by atoms with Crippen molar-refractivity contribution < 1.29 is 9.26 Å². The molecule has 0 bridgehead atoms. The van der Waals surface area contributed by atoms with Gasteiger partial charge in [-0.05, 0) is 18.2 Å². The second-order valence-electron chi connectivity index (χ2n) is 5.25. The fraction of sp³-hybridized carbons (Fsp3) is 0.375. The fourth-order valence-corrected chi connectivity index (χ4v) is 3.31. The lowest BCUT2D eigenvalue weighted by atomic mass is 10.2. The molecule has 0 fully saturated rings. The molecule has 0 aliphatic carbocycles. The van der Waals surface area contributed by atoms with Gasteiger partial charge in [0.1, 0.15) is 0 Å². The van der Waals surface area contributed by atoms with Crippen LogP contribution < -0.4 is 5.56 Å². The van der Waals surface area contributed by atoms with Gasteiger partial charge in [0.2, 0.25) is 5.89 Å². The molecule has 2 aromatic heterocycles. The molecule has 25 heavy (non-hydrogen) atoms. The number of ether oxygens (including phenoxy) is 1. The summed E-state index contributed by atoms with van der Waals surface area (Å²) in [5.41, 5.74) is 0.439. The minimum atomic E-state index is -0.124. The summed E-state index contributed by atoms with van der Waals surface area (Å²) in [6.45, 7) is 2.78. The van der Waals surface area contributed by atoms with E-state index < -0.39 is 0 Å². The molecule has 3 rings (SSSR count). The molecular formula is C16H17ClN4O3S. The number of methoxy groups -OCH3 is 1. The first-order chi connectivity index (χ1) is 12.1. The Morgan fingerprint density at radius 2 is 2.20 bits per heavy atom. The van der Waals surface area contributed by atoms with Crippen LogP contribution in [-0.2, 0) is 23.5 Å². The van der Waals surface area contributed by atoms with Gasteiger partial charge < -0.3 is 9.26 Å². The molecule has 3 aromatic rings. The number of aromatic nitrogens is 4. The molecular weight excluding hydrogens is 364 g/mol. The zero-order chi connectivity index (χ0) is 17.8. The molecule has 0 unspecified atom stereocenters. The zero-order valence-electron chi connectivity index (χ0n) is 13.9. The van der Waals surface area contributed by atoms with Crippen LogP contribution in [0.25, 0.3) is 10.9 Å². The van der Waals surface area contributed by atoms with Gasteiger partial charge in [-0.2, -0.15) is 4.98 Å². The van der Waals surface area contributed by atoms with Crippen molar-refractivity contribution in [3.05, 3.63) is 45.3 Å². The summed E-state index contributed by atoms with van der Waals surface area (Å²) in [4.78, 5) is 21.7. The van der Waals surface area contributed by atoms with Gasteiger partial charge in [-0.3, -0.25) is 9.36 Å². The minimum absolute atomic E-state index is 0.124. The lowest BCUT2D eigenvalue weighted by molar-refractivity contribution is 0.183. The van der Waals surface area contributed by atoms with Crippen LogP contribution in [0.2, 0.25) is 5.02 Å². The number of nitrogens with zero attached hydrogens (tertiary/aromatic N) is 4. The van der Waals surface area contributed by atoms with E-state index in [1.54, 1.807) is 29.9 Å². The van der Waals surface area contributed by atoms with E-state index in [1.807, 2.05) is 6.92 Å². The van der Waals surface area contributed by atoms with Gasteiger partial charge in [-0.25, -0.2) is 4.98 Å². The maximum absolute atomic E-state index is 12.8. The summed E-state index contributed by atoms with van der Waals surface area (Å²) in [6.07, 6.45) is 0.708. The third kappa shape index (κ3) is 4.02. The van der Waals surface area contributed by atoms with Gasteiger partial charge >= 0.3 is 0 Å². The molecule has 0 spiro atoms. The highest BCUT2D eigenvalue weighted by molar-refractivity contribution is 7.98. The predicted molar refractivity (Wildman–Crippen MR) is 96.1 cm³/mol. The molecule has 0 radical (unpaired) electrons. The zero-order valence-corrected chi connectivity index (χ0v) is 15.4. The summed E-state index contributed by atoms with van der Waals surface area (Å²) < 4.78 is 11.9. The van der Waals surface area contributed by atoms with Crippen molar-refractivity contribution in [1.29, 1.82) is 0 Å². The summed E-state index contributed by atoms with van der Waals surface area (Å²) in [5, 5.41) is 5.50. The van der Waals surface area contributed by atoms with Gasteiger partial charge in [0.25, 0.3) is 5.56 Å². The third-order valence-electron chi connectivity index (χ3n) is 3.55. The highest BCUT2D eigenvalue weighted by atomic mass is 35.5. The van der Waals surface area contributed by atoms with Crippen LogP contribution in [0.1, 0.15) is 18.6 Å². The van der Waals surface area contributed by atoms with Crippen molar-refractivity contribution in [2.24, 2.45) is 0 Å². The predicted octanol–water partition coefficient (Wildman–Crippen LogP) is 2.93. The van der Waals surface area contributed by atoms with E-state index >= 15 is 0 Å². The number of hydrogen-bond acceptors (Lipinski definition) is 7. The normalized spacial score (nSPS) is 11.3.